The molecule has 0 bridgehead atoms. The lowest BCUT2D eigenvalue weighted by Gasteiger charge is -2.10. The second-order valence-corrected chi connectivity index (χ2v) is 5.15. The summed E-state index contributed by atoms with van der Waals surface area (Å²) in [7, 11) is 0. The summed E-state index contributed by atoms with van der Waals surface area (Å²) in [6.07, 6.45) is 7.23. The summed E-state index contributed by atoms with van der Waals surface area (Å²) >= 11 is 0. The lowest BCUT2D eigenvalue weighted by Crippen LogP contribution is -2.18. The van der Waals surface area contributed by atoms with Gasteiger partial charge in [0.05, 0.1) is 6.54 Å². The van der Waals surface area contributed by atoms with E-state index in [4.69, 9.17) is 4.52 Å². The maximum absolute atomic E-state index is 5.20. The molecule has 0 saturated carbocycles. The van der Waals surface area contributed by atoms with Crippen molar-refractivity contribution in [2.45, 2.75) is 52.6 Å². The first kappa shape index (κ1) is 14.8. The molecule has 1 N–H and O–H groups in total. The van der Waals surface area contributed by atoms with Crippen molar-refractivity contribution in [3.63, 3.8) is 0 Å². The van der Waals surface area contributed by atoms with E-state index in [0.717, 1.165) is 37.5 Å². The number of aromatic nitrogens is 3. The molecule has 0 aliphatic rings. The highest BCUT2D eigenvalue weighted by Crippen LogP contribution is 2.13. The van der Waals surface area contributed by atoms with E-state index in [2.05, 4.69) is 59.3 Å². The van der Waals surface area contributed by atoms with E-state index >= 15 is 0 Å². The minimum Gasteiger partial charge on any atom is -0.346 e. The van der Waals surface area contributed by atoms with Crippen molar-refractivity contribution < 1.29 is 4.52 Å². The summed E-state index contributed by atoms with van der Waals surface area (Å²) in [6.45, 7) is 8.16. The topological polar surface area (TPSA) is 55.9 Å². The zero-order valence-corrected chi connectivity index (χ0v) is 12.6. The van der Waals surface area contributed by atoms with Crippen LogP contribution in [-0.4, -0.2) is 21.3 Å². The van der Waals surface area contributed by atoms with Crippen LogP contribution in [0.5, 0.6) is 0 Å². The Morgan fingerprint density at radius 1 is 1.35 bits per heavy atom. The fourth-order valence-corrected chi connectivity index (χ4v) is 2.13. The fraction of sp³-hybridized carbons (Fsp3) is 0.600. The third-order valence-electron chi connectivity index (χ3n) is 3.27. The van der Waals surface area contributed by atoms with Crippen LogP contribution in [0.2, 0.25) is 0 Å². The number of hydrogen-bond donors (Lipinski definition) is 1. The van der Waals surface area contributed by atoms with E-state index in [1.165, 1.54) is 5.56 Å². The number of hydrogen-bond acceptors (Lipinski definition) is 4. The normalized spacial score (nSPS) is 12.8. The van der Waals surface area contributed by atoms with Gasteiger partial charge in [-0.3, -0.25) is 0 Å². The standard InChI is InChI=1S/C15H24N4O/c1-4-6-15-17-14(18-20-15)11-19-9-7-13(10-19)12(3)16-8-5-2/h7,9-10,12,16H,4-6,8,11H2,1-3H3. The summed E-state index contributed by atoms with van der Waals surface area (Å²) < 4.78 is 7.30. The van der Waals surface area contributed by atoms with Crippen LogP contribution in [0.25, 0.3) is 0 Å². The van der Waals surface area contributed by atoms with E-state index in [1.54, 1.807) is 0 Å². The SMILES string of the molecule is CCCNC(C)c1ccn(Cc2noc(CCC)n2)c1. The largest absolute Gasteiger partial charge is 0.346 e. The van der Waals surface area contributed by atoms with Crippen LogP contribution in [0.1, 0.15) is 56.9 Å². The second kappa shape index (κ2) is 7.24. The van der Waals surface area contributed by atoms with E-state index in [1.807, 2.05) is 0 Å². The number of aryl methyl sites for hydroxylation is 1. The molecular formula is C15H24N4O. The Morgan fingerprint density at radius 2 is 2.20 bits per heavy atom. The quantitative estimate of drug-likeness (QED) is 0.805. The highest BCUT2D eigenvalue weighted by molar-refractivity contribution is 5.15. The van der Waals surface area contributed by atoms with Gasteiger partial charge in [-0.25, -0.2) is 0 Å². The van der Waals surface area contributed by atoms with E-state index < -0.39 is 0 Å². The molecule has 110 valence electrons. The molecule has 0 amide bonds. The molecule has 2 rings (SSSR count). The Bertz CT molecular complexity index is 517. The number of nitrogens with zero attached hydrogens (tertiary/aromatic N) is 3. The average Bonchev–Trinajstić information content (AvgIpc) is 3.07. The van der Waals surface area contributed by atoms with Crippen LogP contribution in [0.4, 0.5) is 0 Å². The third kappa shape index (κ3) is 3.93. The summed E-state index contributed by atoms with van der Waals surface area (Å²) in [5.74, 6) is 1.47. The third-order valence-corrected chi connectivity index (χ3v) is 3.27. The van der Waals surface area contributed by atoms with E-state index in [-0.39, 0.29) is 0 Å². The van der Waals surface area contributed by atoms with Crippen LogP contribution in [0, 0.1) is 0 Å². The smallest absolute Gasteiger partial charge is 0.226 e. The van der Waals surface area contributed by atoms with Gasteiger partial charge in [0.1, 0.15) is 0 Å². The van der Waals surface area contributed by atoms with Gasteiger partial charge in [-0.05, 0) is 37.9 Å². The molecule has 5 nitrogen and oxygen atoms in total. The van der Waals surface area contributed by atoms with Crippen molar-refractivity contribution in [3.05, 3.63) is 35.7 Å². The van der Waals surface area contributed by atoms with Gasteiger partial charge in [0, 0.05) is 24.9 Å². The Morgan fingerprint density at radius 3 is 2.95 bits per heavy atom. The second-order valence-electron chi connectivity index (χ2n) is 5.15. The molecule has 0 aliphatic heterocycles. The molecule has 0 aromatic carbocycles. The van der Waals surface area contributed by atoms with E-state index in [0.29, 0.717) is 12.6 Å². The predicted molar refractivity (Wildman–Crippen MR) is 78.5 cm³/mol. The van der Waals surface area contributed by atoms with E-state index in [9.17, 15) is 0 Å². The summed E-state index contributed by atoms with van der Waals surface area (Å²) in [5.41, 5.74) is 1.29. The molecule has 2 heterocycles. The molecule has 1 unspecified atom stereocenters. The predicted octanol–water partition coefficient (Wildman–Crippen LogP) is 2.93. The van der Waals surface area contributed by atoms with Gasteiger partial charge in [0.25, 0.3) is 0 Å². The lowest BCUT2D eigenvalue weighted by atomic mass is 10.2. The highest BCUT2D eigenvalue weighted by Gasteiger charge is 2.09. The van der Waals surface area contributed by atoms with Crippen LogP contribution in [0.15, 0.2) is 23.0 Å². The minimum absolute atomic E-state index is 0.372. The highest BCUT2D eigenvalue weighted by atomic mass is 16.5. The Kier molecular flexibility index (Phi) is 5.35. The summed E-state index contributed by atoms with van der Waals surface area (Å²) in [6, 6.07) is 2.51. The number of rotatable bonds is 8. The maximum atomic E-state index is 5.20. The monoisotopic (exact) mass is 276 g/mol. The maximum Gasteiger partial charge on any atom is 0.226 e. The molecule has 2 aromatic heterocycles. The first-order chi connectivity index (χ1) is 9.72. The molecule has 5 heteroatoms. The molecule has 0 spiro atoms. The van der Waals surface area contributed by atoms with Crippen molar-refractivity contribution in [1.29, 1.82) is 0 Å². The zero-order valence-electron chi connectivity index (χ0n) is 12.6. The van der Waals surface area contributed by atoms with Gasteiger partial charge >= 0.3 is 0 Å². The summed E-state index contributed by atoms with van der Waals surface area (Å²) in [4.78, 5) is 4.38. The van der Waals surface area contributed by atoms with Crippen LogP contribution >= 0.6 is 0 Å². The van der Waals surface area contributed by atoms with Gasteiger partial charge in [0.15, 0.2) is 5.82 Å². The molecule has 20 heavy (non-hydrogen) atoms. The first-order valence-corrected chi connectivity index (χ1v) is 7.43. The van der Waals surface area contributed by atoms with Crippen molar-refractivity contribution in [2.75, 3.05) is 6.54 Å². The molecule has 0 aliphatic carbocycles. The molecular weight excluding hydrogens is 252 g/mol. The van der Waals surface area contributed by atoms with Crippen LogP contribution < -0.4 is 5.32 Å². The Labute approximate surface area is 120 Å². The molecule has 0 radical (unpaired) electrons. The van der Waals surface area contributed by atoms with Gasteiger partial charge < -0.3 is 14.4 Å². The Hall–Kier alpha value is -1.62. The van der Waals surface area contributed by atoms with Crippen molar-refractivity contribution in [1.82, 2.24) is 20.0 Å². The zero-order chi connectivity index (χ0) is 14.4. The summed E-state index contributed by atoms with van der Waals surface area (Å²) in [5, 5.41) is 7.49. The minimum atomic E-state index is 0.372. The fourth-order valence-electron chi connectivity index (χ4n) is 2.13. The van der Waals surface area contributed by atoms with Crippen molar-refractivity contribution in [3.8, 4) is 0 Å². The van der Waals surface area contributed by atoms with Crippen molar-refractivity contribution in [2.24, 2.45) is 0 Å². The number of nitrogens with one attached hydrogen (secondary N) is 1. The lowest BCUT2D eigenvalue weighted by molar-refractivity contribution is 0.371. The Balaban J connectivity index is 1.94. The van der Waals surface area contributed by atoms with Gasteiger partial charge in [0.2, 0.25) is 5.89 Å². The van der Waals surface area contributed by atoms with Crippen molar-refractivity contribution >= 4 is 0 Å². The average molecular weight is 276 g/mol. The first-order valence-electron chi connectivity index (χ1n) is 7.43. The van der Waals surface area contributed by atoms with Gasteiger partial charge in [-0.15, -0.1) is 0 Å². The van der Waals surface area contributed by atoms with Crippen LogP contribution in [-0.2, 0) is 13.0 Å². The molecule has 0 saturated heterocycles. The molecule has 0 fully saturated rings. The molecule has 2 aromatic rings. The van der Waals surface area contributed by atoms with Crippen LogP contribution in [0.3, 0.4) is 0 Å². The molecule has 1 atom stereocenters. The van der Waals surface area contributed by atoms with Gasteiger partial charge in [-0.1, -0.05) is 19.0 Å². The van der Waals surface area contributed by atoms with Gasteiger partial charge in [-0.2, -0.15) is 4.98 Å².